The van der Waals surface area contributed by atoms with E-state index >= 15 is 0 Å². The van der Waals surface area contributed by atoms with Gasteiger partial charge in [0.2, 0.25) is 0 Å². The predicted molar refractivity (Wildman–Crippen MR) is 128 cm³/mol. The summed E-state index contributed by atoms with van der Waals surface area (Å²) in [7, 11) is 1.31. The van der Waals surface area contributed by atoms with Crippen LogP contribution in [0.3, 0.4) is 0 Å². The lowest BCUT2D eigenvalue weighted by molar-refractivity contribution is -0.136. The normalized spacial score (nSPS) is 21.1. The van der Waals surface area contributed by atoms with Crippen molar-refractivity contribution in [2.24, 2.45) is 4.99 Å². The summed E-state index contributed by atoms with van der Waals surface area (Å²) in [6.45, 7) is 3.54. The number of ether oxygens (including phenoxy) is 2. The molecule has 1 aromatic carbocycles. The molecule has 184 valence electrons. The molecule has 2 atom stereocenters. The predicted octanol–water partition coefficient (Wildman–Crippen LogP) is 2.45. The van der Waals surface area contributed by atoms with E-state index in [4.69, 9.17) is 19.6 Å². The Balaban J connectivity index is 1.73. The summed E-state index contributed by atoms with van der Waals surface area (Å²) in [5.41, 5.74) is 2.26. The van der Waals surface area contributed by atoms with Crippen molar-refractivity contribution in [3.63, 3.8) is 0 Å². The van der Waals surface area contributed by atoms with Crippen molar-refractivity contribution < 1.29 is 28.6 Å². The first kappa shape index (κ1) is 24.7. The number of amidine groups is 1. The number of morpholine rings is 1. The monoisotopic (exact) mass is 500 g/mol. The van der Waals surface area contributed by atoms with Gasteiger partial charge in [-0.1, -0.05) is 6.07 Å². The molecule has 0 radical (unpaired) electrons. The number of carbonyl (C=O) groups is 2. The SMILES string of the molecule is COC(=O)C1=C(CN2CCOC(/C=C/C(=O)O)C2)NC(c2nccs2)=NC1c1ccc(F)cc1C. The Morgan fingerprint density at radius 1 is 1.43 bits per heavy atom. The summed E-state index contributed by atoms with van der Waals surface area (Å²) >= 11 is 1.40. The number of carboxylic acid groups (broad SMARTS) is 1. The maximum atomic E-state index is 13.9. The highest BCUT2D eigenvalue weighted by Gasteiger charge is 2.34. The van der Waals surface area contributed by atoms with E-state index in [1.165, 1.54) is 36.7 Å². The molecule has 0 bridgehead atoms. The van der Waals surface area contributed by atoms with E-state index in [9.17, 15) is 14.0 Å². The third kappa shape index (κ3) is 5.81. The van der Waals surface area contributed by atoms with Crippen LogP contribution in [0.1, 0.15) is 22.2 Å². The summed E-state index contributed by atoms with van der Waals surface area (Å²) < 4.78 is 24.6. The van der Waals surface area contributed by atoms with E-state index in [0.717, 1.165) is 6.08 Å². The van der Waals surface area contributed by atoms with Crippen molar-refractivity contribution in [2.75, 3.05) is 33.4 Å². The van der Waals surface area contributed by atoms with Crippen LogP contribution >= 0.6 is 11.3 Å². The molecule has 1 fully saturated rings. The molecule has 4 rings (SSSR count). The highest BCUT2D eigenvalue weighted by atomic mass is 32.1. The first-order chi connectivity index (χ1) is 16.9. The van der Waals surface area contributed by atoms with Gasteiger partial charge in [-0.25, -0.2) is 19.0 Å². The second-order valence-corrected chi connectivity index (χ2v) is 8.96. The summed E-state index contributed by atoms with van der Waals surface area (Å²) in [4.78, 5) is 35.1. The van der Waals surface area contributed by atoms with Crippen LogP contribution in [-0.2, 0) is 19.1 Å². The van der Waals surface area contributed by atoms with Crippen molar-refractivity contribution >= 4 is 29.1 Å². The molecule has 1 aromatic heterocycles. The van der Waals surface area contributed by atoms with Gasteiger partial charge in [0, 0.05) is 43.0 Å². The molecule has 35 heavy (non-hydrogen) atoms. The number of halogens is 1. The molecule has 0 aliphatic carbocycles. The summed E-state index contributed by atoms with van der Waals surface area (Å²) in [6.07, 6.45) is 3.84. The number of aliphatic imine (C=N–C) groups is 1. The first-order valence-electron chi connectivity index (χ1n) is 10.9. The largest absolute Gasteiger partial charge is 0.478 e. The number of esters is 1. The van der Waals surface area contributed by atoms with Gasteiger partial charge in [-0.05, 0) is 36.3 Å². The van der Waals surface area contributed by atoms with Crippen molar-refractivity contribution in [3.05, 3.63) is 75.1 Å². The number of rotatable bonds is 7. The van der Waals surface area contributed by atoms with Crippen molar-refractivity contribution in [3.8, 4) is 0 Å². The molecule has 11 heteroatoms. The van der Waals surface area contributed by atoms with Crippen LogP contribution in [0.25, 0.3) is 0 Å². The molecule has 1 saturated heterocycles. The number of nitrogens with one attached hydrogen (secondary N) is 1. The second-order valence-electron chi connectivity index (χ2n) is 8.07. The Labute approximate surface area is 205 Å². The van der Waals surface area contributed by atoms with Gasteiger partial charge in [-0.2, -0.15) is 0 Å². The van der Waals surface area contributed by atoms with Crippen LogP contribution in [0.2, 0.25) is 0 Å². The summed E-state index contributed by atoms with van der Waals surface area (Å²) in [5.74, 6) is -1.45. The highest BCUT2D eigenvalue weighted by molar-refractivity contribution is 7.11. The van der Waals surface area contributed by atoms with Gasteiger partial charge in [-0.3, -0.25) is 9.89 Å². The van der Waals surface area contributed by atoms with E-state index in [1.54, 1.807) is 19.2 Å². The van der Waals surface area contributed by atoms with Crippen molar-refractivity contribution in [2.45, 2.75) is 19.1 Å². The number of aliphatic carboxylic acids is 1. The van der Waals surface area contributed by atoms with Crippen LogP contribution in [0.4, 0.5) is 4.39 Å². The Bertz CT molecular complexity index is 1190. The Hall–Kier alpha value is -3.41. The van der Waals surface area contributed by atoms with E-state index in [0.29, 0.717) is 59.5 Å². The number of hydrogen-bond acceptors (Lipinski definition) is 9. The van der Waals surface area contributed by atoms with Gasteiger partial charge >= 0.3 is 11.9 Å². The number of nitrogens with zero attached hydrogens (tertiary/aromatic N) is 3. The van der Waals surface area contributed by atoms with E-state index < -0.39 is 24.1 Å². The lowest BCUT2D eigenvalue weighted by Crippen LogP contribution is -2.46. The fourth-order valence-electron chi connectivity index (χ4n) is 4.10. The number of carboxylic acids is 1. The minimum absolute atomic E-state index is 0.326. The fourth-order valence-corrected chi connectivity index (χ4v) is 4.68. The zero-order valence-corrected chi connectivity index (χ0v) is 20.0. The van der Waals surface area contributed by atoms with E-state index in [1.807, 2.05) is 5.38 Å². The maximum absolute atomic E-state index is 13.9. The average Bonchev–Trinajstić information content (AvgIpc) is 3.37. The van der Waals surface area contributed by atoms with Crippen molar-refractivity contribution in [1.29, 1.82) is 0 Å². The lowest BCUT2D eigenvalue weighted by Gasteiger charge is -2.34. The van der Waals surface area contributed by atoms with Gasteiger partial charge in [0.15, 0.2) is 10.8 Å². The number of carbonyl (C=O) groups excluding carboxylic acids is 1. The highest BCUT2D eigenvalue weighted by Crippen LogP contribution is 2.35. The fraction of sp³-hybridized carbons (Fsp3) is 0.333. The molecule has 2 N–H and O–H groups in total. The van der Waals surface area contributed by atoms with Crippen LogP contribution in [0.15, 0.2) is 58.2 Å². The second kappa shape index (κ2) is 10.9. The van der Waals surface area contributed by atoms with Crippen LogP contribution < -0.4 is 5.32 Å². The van der Waals surface area contributed by atoms with Gasteiger partial charge in [0.05, 0.1) is 25.4 Å². The number of hydrogen-bond donors (Lipinski definition) is 2. The molecule has 2 aliphatic heterocycles. The van der Waals surface area contributed by atoms with Gasteiger partial charge in [-0.15, -0.1) is 11.3 Å². The number of aryl methyl sites for hydroxylation is 1. The third-order valence-corrected chi connectivity index (χ3v) is 6.49. The Kier molecular flexibility index (Phi) is 7.69. The molecule has 2 aliphatic rings. The van der Waals surface area contributed by atoms with E-state index in [-0.39, 0.29) is 5.82 Å². The van der Waals surface area contributed by atoms with Crippen LogP contribution in [-0.4, -0.2) is 72.2 Å². The zero-order valence-electron chi connectivity index (χ0n) is 19.2. The molecule has 0 amide bonds. The average molecular weight is 501 g/mol. The Morgan fingerprint density at radius 3 is 2.94 bits per heavy atom. The van der Waals surface area contributed by atoms with E-state index in [2.05, 4.69) is 15.2 Å². The molecule has 0 saturated carbocycles. The molecule has 2 unspecified atom stereocenters. The number of thiazole rings is 1. The zero-order chi connectivity index (χ0) is 24.9. The number of benzene rings is 1. The summed E-state index contributed by atoms with van der Waals surface area (Å²) in [5, 5.41) is 14.7. The summed E-state index contributed by atoms with van der Waals surface area (Å²) in [6, 6.07) is 3.66. The van der Waals surface area contributed by atoms with Gasteiger partial charge in [0.25, 0.3) is 0 Å². The molecular formula is C24H25FN4O5S. The number of methoxy groups -OCH3 is 1. The van der Waals surface area contributed by atoms with Crippen LogP contribution in [0, 0.1) is 12.7 Å². The Morgan fingerprint density at radius 2 is 2.26 bits per heavy atom. The van der Waals surface area contributed by atoms with Crippen LogP contribution in [0.5, 0.6) is 0 Å². The maximum Gasteiger partial charge on any atom is 0.338 e. The number of aromatic nitrogens is 1. The molecule has 9 nitrogen and oxygen atoms in total. The minimum atomic E-state index is -1.04. The minimum Gasteiger partial charge on any atom is -0.478 e. The first-order valence-corrected chi connectivity index (χ1v) is 11.8. The molecule has 0 spiro atoms. The van der Waals surface area contributed by atoms with Gasteiger partial charge < -0.3 is 19.9 Å². The standard InChI is InChI=1S/C24H25FN4O5S/c1-14-11-15(25)3-5-17(14)21-20(24(32)33-2)18(27-22(28-21)23-26-7-10-35-23)13-29-8-9-34-16(12-29)4-6-19(30)31/h3-7,10-11,16,21H,8-9,12-13H2,1-2H3,(H,27,28)(H,30,31)/b6-4+. The molecule has 3 heterocycles. The van der Waals surface area contributed by atoms with Crippen molar-refractivity contribution in [1.82, 2.24) is 15.2 Å². The smallest absolute Gasteiger partial charge is 0.338 e. The quantitative estimate of drug-likeness (QED) is 0.440. The van der Waals surface area contributed by atoms with Gasteiger partial charge in [0.1, 0.15) is 11.9 Å². The third-order valence-electron chi connectivity index (χ3n) is 5.71. The topological polar surface area (TPSA) is 113 Å². The lowest BCUT2D eigenvalue weighted by atomic mass is 9.92. The molecule has 2 aromatic rings. The molecular weight excluding hydrogens is 475 g/mol.